The lowest BCUT2D eigenvalue weighted by Gasteiger charge is -2.43. The summed E-state index contributed by atoms with van der Waals surface area (Å²) in [7, 11) is 0. The zero-order valence-electron chi connectivity index (χ0n) is 44.3. The van der Waals surface area contributed by atoms with Crippen molar-refractivity contribution in [1.29, 1.82) is 0 Å². The Bertz CT molecular complexity index is 3000. The van der Waals surface area contributed by atoms with Crippen LogP contribution in [0.3, 0.4) is 0 Å². The Morgan fingerprint density at radius 1 is 0.896 bits per heavy atom. The number of carbonyl (C=O) groups excluding carboxylic acids is 2. The molecule has 5 N–H and O–H groups in total. The molecule has 5 aliphatic rings. The fourth-order valence-corrected chi connectivity index (χ4v) is 13.1. The van der Waals surface area contributed by atoms with Gasteiger partial charge in [0.05, 0.1) is 51.9 Å². The number of likely N-dealkylation sites (tertiary alicyclic amines) is 2. The first-order valence-electron chi connectivity index (χ1n) is 27.4. The molecule has 0 radical (unpaired) electrons. The van der Waals surface area contributed by atoms with Gasteiger partial charge in [-0.3, -0.25) is 14.6 Å². The summed E-state index contributed by atoms with van der Waals surface area (Å²) in [6, 6.07) is 18.3. The number of aliphatic hydroxyl groups is 1. The Hall–Kier alpha value is -6.90. The highest BCUT2D eigenvalue weighted by Gasteiger charge is 2.44. The molecule has 6 atom stereocenters. The van der Waals surface area contributed by atoms with Crippen molar-refractivity contribution in [2.24, 2.45) is 17.8 Å². The molecule has 1 aromatic carbocycles. The molecule has 9 heterocycles. The van der Waals surface area contributed by atoms with Gasteiger partial charge in [-0.25, -0.2) is 9.97 Å². The minimum atomic E-state index is -0.839. The molecule has 2 bridgehead atoms. The number of aromatic nitrogens is 6. The number of aromatic hydroxyl groups is 1. The zero-order chi connectivity index (χ0) is 53.3. The molecule has 5 fully saturated rings. The second-order valence-corrected chi connectivity index (χ2v) is 23.0. The highest BCUT2D eigenvalue weighted by molar-refractivity contribution is 7.13. The number of ether oxygens (including phenoxy) is 2. The molecule has 2 unspecified atom stereocenters. The van der Waals surface area contributed by atoms with Crippen molar-refractivity contribution in [1.82, 2.24) is 45.4 Å². The van der Waals surface area contributed by atoms with Gasteiger partial charge in [0.2, 0.25) is 17.7 Å². The number of β-amino-alcohol motifs (C(OH)–C–C–N with tert-alkyl or cyclic N) is 1. The number of aliphatic hydroxyl groups excluding tert-OH is 1. The molecule has 77 heavy (non-hydrogen) atoms. The summed E-state index contributed by atoms with van der Waals surface area (Å²) in [6.07, 6.45) is 10.4. The monoisotopic (exact) mass is 1070 g/mol. The average Bonchev–Trinajstić information content (AvgIpc) is 4.22. The minimum Gasteiger partial charge on any atom is -0.507 e. The lowest BCUT2D eigenvalue weighted by Crippen LogP contribution is -2.54. The maximum Gasteiger partial charge on any atom is 0.254 e. The SMILES string of the molecule is Cc1ncsc1-c1ccc([C@H](C)NC(=O)[C@@H]2C[C@@H](O)CN2C(=O)[C@@H](c2cc(OCCC3CCN(CC4CC(Oc5cc(N6C7CCC6CN(c6cc(-c8ccccc8O)nnc6N)C7)ccn5)C4)CC3)no2)C(C)C)cn1. The minimum absolute atomic E-state index is 0.0515. The van der Waals surface area contributed by atoms with Gasteiger partial charge in [-0.2, -0.15) is 0 Å². The lowest BCUT2D eigenvalue weighted by molar-refractivity contribution is -0.141. The van der Waals surface area contributed by atoms with E-state index in [9.17, 15) is 19.8 Å². The molecule has 4 saturated heterocycles. The molecule has 406 valence electrons. The number of hydrogen-bond acceptors (Lipinski definition) is 18. The third-order valence-corrected chi connectivity index (χ3v) is 17.5. The summed E-state index contributed by atoms with van der Waals surface area (Å²) < 4.78 is 18.3. The number of rotatable bonds is 18. The summed E-state index contributed by atoms with van der Waals surface area (Å²) in [4.78, 5) is 51.5. The van der Waals surface area contributed by atoms with Gasteiger partial charge in [0, 0.05) is 80.5 Å². The van der Waals surface area contributed by atoms with E-state index in [0.717, 1.165) is 111 Å². The number of pyridine rings is 2. The topological polar surface area (TPSA) is 235 Å². The quantitative estimate of drug-likeness (QED) is 0.0656. The molecule has 20 heteroatoms. The highest BCUT2D eigenvalue weighted by atomic mass is 32.1. The van der Waals surface area contributed by atoms with Crippen molar-refractivity contribution >= 4 is 40.3 Å². The van der Waals surface area contributed by atoms with Crippen LogP contribution < -0.4 is 30.3 Å². The van der Waals surface area contributed by atoms with Crippen LogP contribution in [-0.4, -0.2) is 138 Å². The third kappa shape index (κ3) is 11.4. The Morgan fingerprint density at radius 2 is 1.69 bits per heavy atom. The van der Waals surface area contributed by atoms with Gasteiger partial charge in [-0.1, -0.05) is 32.0 Å². The van der Waals surface area contributed by atoms with Crippen molar-refractivity contribution in [3.8, 4) is 39.3 Å². The number of amides is 2. The molecule has 1 saturated carbocycles. The predicted octanol–water partition coefficient (Wildman–Crippen LogP) is 7.42. The number of carbonyl (C=O) groups is 2. The number of piperazine rings is 1. The van der Waals surface area contributed by atoms with Gasteiger partial charge in [0.1, 0.15) is 23.8 Å². The number of nitrogens with zero attached hydrogens (tertiary/aromatic N) is 10. The second-order valence-electron chi connectivity index (χ2n) is 22.2. The van der Waals surface area contributed by atoms with E-state index < -0.39 is 18.1 Å². The summed E-state index contributed by atoms with van der Waals surface area (Å²) in [5.74, 6) is 1.60. The maximum atomic E-state index is 14.3. The van der Waals surface area contributed by atoms with E-state index in [0.29, 0.717) is 65.1 Å². The van der Waals surface area contributed by atoms with Gasteiger partial charge in [0.25, 0.3) is 5.88 Å². The summed E-state index contributed by atoms with van der Waals surface area (Å²) >= 11 is 1.53. The van der Waals surface area contributed by atoms with E-state index in [1.807, 2.05) is 64.2 Å². The number of nitrogens with two attached hydrogens (primary N) is 1. The Labute approximate surface area is 453 Å². The van der Waals surface area contributed by atoms with E-state index >= 15 is 0 Å². The molecule has 6 aromatic rings. The third-order valence-electron chi connectivity index (χ3n) is 16.5. The number of fused-ring (bicyclic) bond motifs is 2. The molecule has 19 nitrogen and oxygen atoms in total. The van der Waals surface area contributed by atoms with Crippen LogP contribution in [0.15, 0.2) is 83.1 Å². The first-order chi connectivity index (χ1) is 37.3. The Morgan fingerprint density at radius 3 is 2.42 bits per heavy atom. The second kappa shape index (κ2) is 22.6. The van der Waals surface area contributed by atoms with Crippen LogP contribution in [0.4, 0.5) is 17.2 Å². The van der Waals surface area contributed by atoms with Crippen LogP contribution in [0.1, 0.15) is 101 Å². The molecule has 4 aliphatic heterocycles. The predicted molar refractivity (Wildman–Crippen MR) is 293 cm³/mol. The van der Waals surface area contributed by atoms with Crippen LogP contribution in [0.25, 0.3) is 21.8 Å². The van der Waals surface area contributed by atoms with E-state index in [1.165, 1.54) is 16.2 Å². The van der Waals surface area contributed by atoms with Crippen LogP contribution in [-0.2, 0) is 9.59 Å². The summed E-state index contributed by atoms with van der Waals surface area (Å²) in [5.41, 5.74) is 14.0. The largest absolute Gasteiger partial charge is 0.507 e. The van der Waals surface area contributed by atoms with Gasteiger partial charge in [-0.15, -0.1) is 21.5 Å². The van der Waals surface area contributed by atoms with Crippen molar-refractivity contribution < 1.29 is 33.8 Å². The van der Waals surface area contributed by atoms with Gasteiger partial charge in [-0.05, 0) is 131 Å². The average molecular weight is 1070 g/mol. The van der Waals surface area contributed by atoms with Gasteiger partial charge >= 0.3 is 0 Å². The fourth-order valence-electron chi connectivity index (χ4n) is 12.3. The van der Waals surface area contributed by atoms with Gasteiger partial charge in [0.15, 0.2) is 11.6 Å². The maximum absolute atomic E-state index is 14.3. The van der Waals surface area contributed by atoms with E-state index in [4.69, 9.17) is 19.7 Å². The normalized spacial score (nSPS) is 23.5. The van der Waals surface area contributed by atoms with Crippen LogP contribution in [0.2, 0.25) is 0 Å². The number of para-hydroxylation sites is 1. The lowest BCUT2D eigenvalue weighted by atomic mass is 9.81. The number of hydrogen-bond donors (Lipinski definition) is 4. The Balaban J connectivity index is 0.601. The number of thiazole rings is 1. The first kappa shape index (κ1) is 52.2. The molecular weight excluding hydrogens is 997 g/mol. The summed E-state index contributed by atoms with van der Waals surface area (Å²) in [6.45, 7) is 13.0. The standard InChI is InChI=1S/C57H70N12O7S/c1-33(2)53(57(73)68-31-42(70)24-48(68)56(72)62-34(3)38-9-12-45(60-27-38)54-35(4)61-32-77-54)50-26-52(65-76-50)74-20-16-36-14-18-66(19-15-36)28-37-21-43(22-37)75-51-23-39(13-17-59-51)69-40-10-11-41(69)30-67(29-40)47-25-46(63-64-55(47)58)44-7-5-6-8-49(44)71/h5-9,12-13,17,23,25-27,32-34,36-37,40-43,48,53,70-71H,10-11,14-16,18-22,24,28-31H2,1-4H3,(H2,58,64)(H,62,72)/t34-,37?,40?,41?,42+,43?,48-,53+/m0/s1. The highest BCUT2D eigenvalue weighted by Crippen LogP contribution is 2.41. The first-order valence-corrected chi connectivity index (χ1v) is 28.2. The van der Waals surface area contributed by atoms with Crippen LogP contribution in [0, 0.1) is 24.7 Å². The number of phenolic OH excluding ortho intramolecular Hbond substituents is 1. The van der Waals surface area contributed by atoms with Crippen molar-refractivity contribution in [3.63, 3.8) is 0 Å². The summed E-state index contributed by atoms with van der Waals surface area (Å²) in [5, 5.41) is 37.0. The molecular formula is C57H70N12O7S. The number of aryl methyl sites for hydroxylation is 1. The van der Waals surface area contributed by atoms with E-state index in [-0.39, 0.29) is 48.6 Å². The van der Waals surface area contributed by atoms with E-state index in [1.54, 1.807) is 29.9 Å². The number of anilines is 3. The van der Waals surface area contributed by atoms with E-state index in [2.05, 4.69) is 62.5 Å². The van der Waals surface area contributed by atoms with Crippen molar-refractivity contribution in [2.45, 2.75) is 121 Å². The number of phenols is 1. The molecule has 0 spiro atoms. The number of benzene rings is 1. The molecule has 1 aliphatic carbocycles. The van der Waals surface area contributed by atoms with Crippen LogP contribution >= 0.6 is 11.3 Å². The number of piperidine rings is 1. The molecule has 5 aromatic heterocycles. The van der Waals surface area contributed by atoms with Gasteiger partial charge < -0.3 is 54.9 Å². The Kier molecular flexibility index (Phi) is 15.3. The number of nitrogen functional groups attached to an aromatic ring is 1. The number of nitrogens with one attached hydrogen (secondary N) is 1. The fraction of sp³-hybridized carbons (Fsp3) is 0.509. The smallest absolute Gasteiger partial charge is 0.254 e. The zero-order valence-corrected chi connectivity index (χ0v) is 45.1. The van der Waals surface area contributed by atoms with Crippen molar-refractivity contribution in [2.75, 3.05) is 61.4 Å². The van der Waals surface area contributed by atoms with Crippen LogP contribution in [0.5, 0.6) is 17.5 Å². The molecule has 11 rings (SSSR count). The molecule has 2 amide bonds. The van der Waals surface area contributed by atoms with Crippen molar-refractivity contribution in [3.05, 3.63) is 95.6 Å².